The molecule has 0 heterocycles. The van der Waals surface area contributed by atoms with E-state index in [0.29, 0.717) is 18.9 Å². The van der Waals surface area contributed by atoms with Crippen LogP contribution < -0.4 is 0 Å². The number of carbonyl (C=O) groups is 1. The molecule has 0 fully saturated rings. The van der Waals surface area contributed by atoms with Crippen molar-refractivity contribution >= 4 is 17.4 Å². The predicted octanol–water partition coefficient (Wildman–Crippen LogP) is 2.00. The van der Waals surface area contributed by atoms with Crippen LogP contribution in [0.15, 0.2) is 0 Å². The maximum Gasteiger partial charge on any atom is 0.158 e. The van der Waals surface area contributed by atoms with Crippen molar-refractivity contribution in [2.24, 2.45) is 0 Å². The fraction of sp³-hybridized carbons (Fsp3) is 0.875. The van der Waals surface area contributed by atoms with E-state index in [9.17, 15) is 4.79 Å². The summed E-state index contributed by atoms with van der Waals surface area (Å²) in [5.74, 6) is 0.707. The first-order chi connectivity index (χ1) is 5.31. The number of ether oxygens (including phenoxy) is 1. The molecule has 0 radical (unpaired) electrons. The van der Waals surface area contributed by atoms with Crippen LogP contribution in [0.4, 0.5) is 0 Å². The molecule has 2 nitrogen and oxygen atoms in total. The molecule has 0 aliphatic rings. The molecule has 66 valence electrons. The Morgan fingerprint density at radius 1 is 1.55 bits per heavy atom. The number of hydrogen-bond donors (Lipinski definition) is 0. The molecule has 0 saturated heterocycles. The van der Waals surface area contributed by atoms with Crippen LogP contribution in [-0.2, 0) is 9.53 Å². The Morgan fingerprint density at radius 2 is 2.27 bits per heavy atom. The Hall–Kier alpha value is -0.0800. The summed E-state index contributed by atoms with van der Waals surface area (Å²) in [5, 5.41) is 0. The lowest BCUT2D eigenvalue weighted by Crippen LogP contribution is -2.08. The van der Waals surface area contributed by atoms with Gasteiger partial charge in [0.25, 0.3) is 0 Å². The quantitative estimate of drug-likeness (QED) is 0.440. The van der Waals surface area contributed by atoms with E-state index in [-0.39, 0.29) is 12.4 Å². The summed E-state index contributed by atoms with van der Waals surface area (Å²) < 4.78 is 5.05. The molecule has 0 rings (SSSR count). The third-order valence-corrected chi connectivity index (χ3v) is 1.47. The van der Waals surface area contributed by atoms with Crippen molar-refractivity contribution in [3.63, 3.8) is 0 Å². The average molecular weight is 179 g/mol. The largest absolute Gasteiger partial charge is 0.374 e. The summed E-state index contributed by atoms with van der Waals surface area (Å²) in [7, 11) is 0. The molecule has 0 aromatic heterocycles. The summed E-state index contributed by atoms with van der Waals surface area (Å²) in [6.07, 6.45) is 2.27. The van der Waals surface area contributed by atoms with Gasteiger partial charge in [0, 0.05) is 18.9 Å². The molecule has 0 unspecified atom stereocenters. The highest BCUT2D eigenvalue weighted by molar-refractivity contribution is 6.17. The van der Waals surface area contributed by atoms with Gasteiger partial charge in [-0.3, -0.25) is 4.79 Å². The Morgan fingerprint density at radius 3 is 2.82 bits per heavy atom. The lowest BCUT2D eigenvalue weighted by atomic mass is 10.2. The molecule has 0 aromatic carbocycles. The summed E-state index contributed by atoms with van der Waals surface area (Å²) in [6, 6.07) is 0. The number of rotatable bonds is 7. The van der Waals surface area contributed by atoms with Gasteiger partial charge >= 0.3 is 0 Å². The molecular weight excluding hydrogens is 164 g/mol. The van der Waals surface area contributed by atoms with Crippen LogP contribution in [0.3, 0.4) is 0 Å². The third kappa shape index (κ3) is 7.82. The molecule has 0 aliphatic carbocycles. The average Bonchev–Trinajstić information content (AvgIpc) is 2.01. The highest BCUT2D eigenvalue weighted by atomic mass is 35.5. The molecule has 0 aromatic rings. The summed E-state index contributed by atoms with van der Waals surface area (Å²) >= 11 is 5.41. The smallest absolute Gasteiger partial charge is 0.158 e. The first-order valence-corrected chi connectivity index (χ1v) is 4.50. The van der Waals surface area contributed by atoms with Crippen molar-refractivity contribution in [2.75, 3.05) is 19.1 Å². The minimum atomic E-state index is 0.152. The number of carbonyl (C=O) groups excluding carboxylic acids is 1. The fourth-order valence-corrected chi connectivity index (χ4v) is 0.800. The molecule has 0 saturated carbocycles. The highest BCUT2D eigenvalue weighted by Gasteiger charge is 1.99. The summed E-state index contributed by atoms with van der Waals surface area (Å²) in [5.41, 5.74) is 0. The zero-order chi connectivity index (χ0) is 8.53. The minimum absolute atomic E-state index is 0.152. The van der Waals surface area contributed by atoms with E-state index >= 15 is 0 Å². The van der Waals surface area contributed by atoms with Crippen LogP contribution >= 0.6 is 11.6 Å². The first kappa shape index (κ1) is 10.9. The Kier molecular flexibility index (Phi) is 7.96. The van der Waals surface area contributed by atoms with Gasteiger partial charge in [0.15, 0.2) is 5.78 Å². The number of Topliss-reactive ketones (excluding diaryl/α,β-unsaturated/α-hetero) is 1. The zero-order valence-electron chi connectivity index (χ0n) is 6.94. The number of hydrogen-bond acceptors (Lipinski definition) is 2. The van der Waals surface area contributed by atoms with Gasteiger partial charge < -0.3 is 4.74 Å². The van der Waals surface area contributed by atoms with E-state index < -0.39 is 0 Å². The molecule has 0 amide bonds. The number of ketones is 1. The second kappa shape index (κ2) is 8.02. The second-order valence-corrected chi connectivity index (χ2v) is 2.76. The molecular formula is C8H15ClO2. The van der Waals surface area contributed by atoms with Gasteiger partial charge in [-0.25, -0.2) is 0 Å². The van der Waals surface area contributed by atoms with Gasteiger partial charge in [0.05, 0.1) is 0 Å². The second-order valence-electron chi connectivity index (χ2n) is 2.38. The van der Waals surface area contributed by atoms with Crippen LogP contribution in [0.1, 0.15) is 26.2 Å². The van der Waals surface area contributed by atoms with E-state index in [0.717, 1.165) is 12.8 Å². The molecule has 0 N–H and O–H groups in total. The predicted molar refractivity (Wildman–Crippen MR) is 46.1 cm³/mol. The number of halogens is 1. The SMILES string of the molecule is CCCOCC(=O)CCCCl. The minimum Gasteiger partial charge on any atom is -0.374 e. The maximum absolute atomic E-state index is 10.9. The van der Waals surface area contributed by atoms with E-state index in [1.807, 2.05) is 6.92 Å². The van der Waals surface area contributed by atoms with Crippen LogP contribution in [0, 0.1) is 0 Å². The van der Waals surface area contributed by atoms with E-state index in [1.165, 1.54) is 0 Å². The van der Waals surface area contributed by atoms with Gasteiger partial charge in [-0.1, -0.05) is 6.92 Å². The monoisotopic (exact) mass is 178 g/mol. The topological polar surface area (TPSA) is 26.3 Å². The summed E-state index contributed by atoms with van der Waals surface area (Å²) in [6.45, 7) is 2.95. The van der Waals surface area contributed by atoms with Crippen molar-refractivity contribution < 1.29 is 9.53 Å². The zero-order valence-corrected chi connectivity index (χ0v) is 7.69. The van der Waals surface area contributed by atoms with Crippen molar-refractivity contribution in [1.29, 1.82) is 0 Å². The lowest BCUT2D eigenvalue weighted by molar-refractivity contribution is -0.123. The van der Waals surface area contributed by atoms with Gasteiger partial charge in [-0.15, -0.1) is 11.6 Å². The molecule has 11 heavy (non-hydrogen) atoms. The van der Waals surface area contributed by atoms with Crippen molar-refractivity contribution in [3.8, 4) is 0 Å². The highest BCUT2D eigenvalue weighted by Crippen LogP contribution is 1.94. The molecule has 0 spiro atoms. The van der Waals surface area contributed by atoms with Crippen LogP contribution in [0.25, 0.3) is 0 Å². The molecule has 0 bridgehead atoms. The van der Waals surface area contributed by atoms with Crippen molar-refractivity contribution in [2.45, 2.75) is 26.2 Å². The standard InChI is InChI=1S/C8H15ClO2/c1-2-6-11-7-8(10)4-3-5-9/h2-7H2,1H3. The Labute approximate surface area is 72.9 Å². The van der Waals surface area contributed by atoms with Crippen LogP contribution in [0.2, 0.25) is 0 Å². The summed E-state index contributed by atoms with van der Waals surface area (Å²) in [4.78, 5) is 10.9. The van der Waals surface area contributed by atoms with Gasteiger partial charge in [0.2, 0.25) is 0 Å². The van der Waals surface area contributed by atoms with E-state index in [4.69, 9.17) is 16.3 Å². The molecule has 3 heteroatoms. The number of alkyl halides is 1. The van der Waals surface area contributed by atoms with E-state index in [1.54, 1.807) is 0 Å². The lowest BCUT2D eigenvalue weighted by Gasteiger charge is -1.99. The van der Waals surface area contributed by atoms with Crippen molar-refractivity contribution in [1.82, 2.24) is 0 Å². The van der Waals surface area contributed by atoms with Gasteiger partial charge in [-0.05, 0) is 12.8 Å². The molecule has 0 atom stereocenters. The fourth-order valence-electron chi connectivity index (χ4n) is 0.666. The normalized spacial score (nSPS) is 10.0. The third-order valence-electron chi connectivity index (χ3n) is 1.20. The van der Waals surface area contributed by atoms with Gasteiger partial charge in [-0.2, -0.15) is 0 Å². The maximum atomic E-state index is 10.9. The van der Waals surface area contributed by atoms with Crippen LogP contribution in [0.5, 0.6) is 0 Å². The first-order valence-electron chi connectivity index (χ1n) is 3.96. The van der Waals surface area contributed by atoms with Crippen LogP contribution in [-0.4, -0.2) is 24.9 Å². The Bertz CT molecular complexity index is 104. The van der Waals surface area contributed by atoms with Crippen molar-refractivity contribution in [3.05, 3.63) is 0 Å². The molecule has 0 aliphatic heterocycles. The Balaban J connectivity index is 3.09. The van der Waals surface area contributed by atoms with Gasteiger partial charge in [0.1, 0.15) is 6.61 Å². The van der Waals surface area contributed by atoms with E-state index in [2.05, 4.69) is 0 Å².